The number of methoxy groups -OCH3 is 1. The van der Waals surface area contributed by atoms with Gasteiger partial charge >= 0.3 is 6.18 Å². The van der Waals surface area contributed by atoms with Gasteiger partial charge in [0.1, 0.15) is 11.4 Å². The number of rotatable bonds is 6. The minimum atomic E-state index is -4.85. The summed E-state index contributed by atoms with van der Waals surface area (Å²) >= 11 is 6.52. The van der Waals surface area contributed by atoms with Crippen LogP contribution in [-0.4, -0.2) is 37.9 Å². The first-order valence-electron chi connectivity index (χ1n) is 12.3. The van der Waals surface area contributed by atoms with Crippen LogP contribution in [0.2, 0.25) is 5.02 Å². The lowest BCUT2D eigenvalue weighted by Crippen LogP contribution is -2.33. The van der Waals surface area contributed by atoms with Gasteiger partial charge in [0.2, 0.25) is 0 Å². The molecule has 1 aromatic carbocycles. The third kappa shape index (κ3) is 5.51. The average molecular weight is 579 g/mol. The molecule has 0 radical (unpaired) electrons. The van der Waals surface area contributed by atoms with Crippen molar-refractivity contribution in [1.82, 2.24) is 24.7 Å². The van der Waals surface area contributed by atoms with Gasteiger partial charge in [0.05, 0.1) is 47.4 Å². The summed E-state index contributed by atoms with van der Waals surface area (Å²) in [6, 6.07) is 2.15. The van der Waals surface area contributed by atoms with Crippen LogP contribution in [0.4, 0.5) is 23.2 Å². The second-order valence-corrected chi connectivity index (χ2v) is 10.0. The van der Waals surface area contributed by atoms with E-state index in [9.17, 15) is 22.8 Å². The Balaban J connectivity index is 1.39. The molecular weight excluding hydrogens is 556 g/mol. The molecule has 0 bridgehead atoms. The fourth-order valence-electron chi connectivity index (χ4n) is 5.11. The van der Waals surface area contributed by atoms with E-state index in [2.05, 4.69) is 20.4 Å². The molecule has 1 saturated carbocycles. The Morgan fingerprint density at radius 3 is 2.60 bits per heavy atom. The van der Waals surface area contributed by atoms with Gasteiger partial charge in [-0.05, 0) is 37.3 Å². The van der Waals surface area contributed by atoms with E-state index in [-0.39, 0.29) is 46.0 Å². The van der Waals surface area contributed by atoms with Crippen LogP contribution < -0.4 is 21.2 Å². The second kappa shape index (κ2) is 10.9. The van der Waals surface area contributed by atoms with Gasteiger partial charge in [-0.2, -0.15) is 18.3 Å². The molecule has 4 aromatic rings. The summed E-state index contributed by atoms with van der Waals surface area (Å²) in [5.41, 5.74) is -3.42. The summed E-state index contributed by atoms with van der Waals surface area (Å²) in [4.78, 5) is 33.3. The molecule has 0 amide bonds. The predicted molar refractivity (Wildman–Crippen MR) is 140 cm³/mol. The van der Waals surface area contributed by atoms with Crippen LogP contribution >= 0.6 is 11.6 Å². The van der Waals surface area contributed by atoms with E-state index < -0.39 is 28.7 Å². The average Bonchev–Trinajstić information content (AvgIpc) is 2.91. The maximum absolute atomic E-state index is 15.1. The lowest BCUT2D eigenvalue weighted by Gasteiger charge is -2.31. The van der Waals surface area contributed by atoms with Crippen molar-refractivity contribution in [2.75, 3.05) is 12.4 Å². The summed E-state index contributed by atoms with van der Waals surface area (Å²) in [6.45, 7) is 0.234. The maximum atomic E-state index is 15.1. The molecule has 9 nitrogen and oxygen atoms in total. The zero-order valence-corrected chi connectivity index (χ0v) is 21.8. The number of fused-ring (bicyclic) bond motifs is 1. The van der Waals surface area contributed by atoms with E-state index in [0.717, 1.165) is 18.7 Å². The normalized spacial score (nSPS) is 17.6. The topological polar surface area (TPSA) is 115 Å². The summed E-state index contributed by atoms with van der Waals surface area (Å²) < 4.78 is 61.8. The molecule has 2 atom stereocenters. The molecule has 0 spiro atoms. The van der Waals surface area contributed by atoms with E-state index in [1.165, 1.54) is 36.3 Å². The minimum Gasteiger partial charge on any atom is -0.494 e. The highest BCUT2D eigenvalue weighted by Gasteiger charge is 2.38. The smallest absolute Gasteiger partial charge is 0.423 e. The highest BCUT2D eigenvalue weighted by molar-refractivity contribution is 6.35. The van der Waals surface area contributed by atoms with Crippen molar-refractivity contribution in [2.24, 2.45) is 5.92 Å². The number of halogens is 5. The fraction of sp³-hybridized carbons (Fsp3) is 0.346. The first-order valence-corrected chi connectivity index (χ1v) is 12.7. The molecule has 1 fully saturated rings. The van der Waals surface area contributed by atoms with Crippen molar-refractivity contribution >= 4 is 28.1 Å². The number of nitrogens with one attached hydrogen (secondary N) is 2. The van der Waals surface area contributed by atoms with Gasteiger partial charge in [-0.25, -0.2) is 19.5 Å². The highest BCUT2D eigenvalue weighted by Crippen LogP contribution is 2.34. The quantitative estimate of drug-likeness (QED) is 0.308. The largest absolute Gasteiger partial charge is 0.494 e. The summed E-state index contributed by atoms with van der Waals surface area (Å²) in [5, 5.41) is 8.77. The molecule has 3 aromatic heterocycles. The monoisotopic (exact) mass is 578 g/mol. The number of nitrogens with zero attached hydrogens (tertiary/aromatic N) is 4. The fourth-order valence-corrected chi connectivity index (χ4v) is 5.38. The summed E-state index contributed by atoms with van der Waals surface area (Å²) in [6.07, 6.45) is 2.80. The third-order valence-corrected chi connectivity index (χ3v) is 7.27. The molecule has 3 heterocycles. The van der Waals surface area contributed by atoms with Gasteiger partial charge in [-0.3, -0.25) is 9.59 Å². The van der Waals surface area contributed by atoms with Crippen molar-refractivity contribution in [3.05, 3.63) is 74.0 Å². The number of pyridine rings is 1. The molecule has 0 aliphatic heterocycles. The van der Waals surface area contributed by atoms with Gasteiger partial charge in [0, 0.05) is 24.2 Å². The Hall–Kier alpha value is -4.00. The van der Waals surface area contributed by atoms with Crippen LogP contribution in [0.1, 0.15) is 31.2 Å². The van der Waals surface area contributed by atoms with Gasteiger partial charge in [0.25, 0.3) is 11.1 Å². The standard InChI is InChI=1S/C26H23ClF4N6O3/c1-40-15-8-32-23(33-9-15)18-6-16-17(7-20(18)28)25(39)37(12-19(16)27)11-13-3-2-4-14(5-13)35-21-10-34-36-24(38)22(21)26(29,30)31/h6-10,12-14H,2-5,11H2,1H3,(H2,35,36,38)/t13-,14+/m1/s1. The van der Waals surface area contributed by atoms with Gasteiger partial charge in [-0.15, -0.1) is 0 Å². The van der Waals surface area contributed by atoms with Crippen molar-refractivity contribution < 1.29 is 22.3 Å². The lowest BCUT2D eigenvalue weighted by atomic mass is 9.85. The predicted octanol–water partition coefficient (Wildman–Crippen LogP) is 5.03. The van der Waals surface area contributed by atoms with E-state index in [1.807, 2.05) is 5.10 Å². The number of H-pyrrole nitrogens is 1. The Labute approximate surface area is 229 Å². The number of benzene rings is 1. The minimum absolute atomic E-state index is 0.0721. The third-order valence-electron chi connectivity index (χ3n) is 6.97. The number of hydrogen-bond donors (Lipinski definition) is 2. The van der Waals surface area contributed by atoms with Crippen molar-refractivity contribution in [2.45, 2.75) is 44.4 Å². The van der Waals surface area contributed by atoms with Crippen LogP contribution in [0.15, 0.2) is 46.5 Å². The molecule has 40 heavy (non-hydrogen) atoms. The number of ether oxygens (including phenoxy) is 1. The molecule has 5 rings (SSSR count). The van der Waals surface area contributed by atoms with Gasteiger partial charge < -0.3 is 14.6 Å². The zero-order valence-electron chi connectivity index (χ0n) is 21.1. The van der Waals surface area contributed by atoms with Crippen molar-refractivity contribution in [1.29, 1.82) is 0 Å². The Morgan fingerprint density at radius 1 is 1.15 bits per heavy atom. The Bertz CT molecular complexity index is 1670. The molecule has 1 aliphatic carbocycles. The first-order chi connectivity index (χ1) is 19.0. The number of aromatic nitrogens is 5. The number of hydrogen-bond acceptors (Lipinski definition) is 7. The zero-order chi connectivity index (χ0) is 28.6. The molecule has 14 heteroatoms. The molecule has 210 valence electrons. The van der Waals surface area contributed by atoms with Crippen LogP contribution in [0.25, 0.3) is 22.2 Å². The molecule has 1 aliphatic rings. The van der Waals surface area contributed by atoms with Crippen molar-refractivity contribution in [3.8, 4) is 17.1 Å². The molecule has 0 unspecified atom stereocenters. The van der Waals surface area contributed by atoms with E-state index in [1.54, 1.807) is 0 Å². The van der Waals surface area contributed by atoms with E-state index in [4.69, 9.17) is 16.3 Å². The Kier molecular flexibility index (Phi) is 7.49. The SMILES string of the molecule is COc1cnc(-c2cc3c(Cl)cn(C[C@@H]4CCC[C@H](Nc5cn[nH]c(=O)c5C(F)(F)F)C4)c(=O)c3cc2F)nc1. The van der Waals surface area contributed by atoms with Gasteiger partial charge in [-0.1, -0.05) is 18.0 Å². The maximum Gasteiger partial charge on any atom is 0.423 e. The number of alkyl halides is 3. The van der Waals surface area contributed by atoms with Crippen molar-refractivity contribution in [3.63, 3.8) is 0 Å². The van der Waals surface area contributed by atoms with Crippen LogP contribution in [0.5, 0.6) is 5.75 Å². The van der Waals surface area contributed by atoms with Crippen LogP contribution in [0, 0.1) is 11.7 Å². The Morgan fingerprint density at radius 2 is 1.90 bits per heavy atom. The number of anilines is 1. The summed E-state index contributed by atoms with van der Waals surface area (Å²) in [5.74, 6) is -0.276. The first kappa shape index (κ1) is 27.6. The van der Waals surface area contributed by atoms with Gasteiger partial charge in [0.15, 0.2) is 11.6 Å². The van der Waals surface area contributed by atoms with E-state index in [0.29, 0.717) is 30.4 Å². The van der Waals surface area contributed by atoms with E-state index >= 15 is 4.39 Å². The van der Waals surface area contributed by atoms with Crippen LogP contribution in [0.3, 0.4) is 0 Å². The molecular formula is C26H23ClF4N6O3. The summed E-state index contributed by atoms with van der Waals surface area (Å²) in [7, 11) is 1.45. The number of aromatic amines is 1. The second-order valence-electron chi connectivity index (χ2n) is 9.62. The molecule has 0 saturated heterocycles. The lowest BCUT2D eigenvalue weighted by molar-refractivity contribution is -0.138. The highest BCUT2D eigenvalue weighted by atomic mass is 35.5. The van der Waals surface area contributed by atoms with Crippen LogP contribution in [-0.2, 0) is 12.7 Å². The molecule has 2 N–H and O–H groups in total.